The second kappa shape index (κ2) is 7.09. The maximum atomic E-state index is 5.24. The first-order valence-electron chi connectivity index (χ1n) is 6.07. The average molecular weight is 215 g/mol. The van der Waals surface area contributed by atoms with Gasteiger partial charge in [0.05, 0.1) is 0 Å². The predicted molar refractivity (Wildman–Crippen MR) is 70.3 cm³/mol. The lowest BCUT2D eigenvalue weighted by Gasteiger charge is -2.17. The Morgan fingerprint density at radius 3 is 2.44 bits per heavy atom. The molecular formula is C15H21N. The number of nitrogens with one attached hydrogen (secondary N) is 1. The summed E-state index contributed by atoms with van der Waals surface area (Å²) in [5, 5.41) is 3.48. The van der Waals surface area contributed by atoms with Gasteiger partial charge in [0, 0.05) is 19.0 Å². The van der Waals surface area contributed by atoms with Gasteiger partial charge >= 0.3 is 0 Å². The highest BCUT2D eigenvalue weighted by Gasteiger charge is 2.07. The smallest absolute Gasteiger partial charge is 0.0318 e. The topological polar surface area (TPSA) is 12.0 Å². The fraction of sp³-hybridized carbons (Fsp3) is 0.467. The largest absolute Gasteiger partial charge is 0.309 e. The van der Waals surface area contributed by atoms with Gasteiger partial charge in [0.15, 0.2) is 0 Å². The second-order valence-corrected chi connectivity index (χ2v) is 3.96. The van der Waals surface area contributed by atoms with Gasteiger partial charge in [-0.05, 0) is 24.0 Å². The molecular weight excluding hydrogens is 194 g/mol. The Kier molecular flexibility index (Phi) is 5.67. The number of rotatable bonds is 6. The van der Waals surface area contributed by atoms with E-state index >= 15 is 0 Å². The third-order valence-electron chi connectivity index (χ3n) is 2.86. The zero-order valence-corrected chi connectivity index (χ0v) is 10.3. The van der Waals surface area contributed by atoms with Crippen LogP contribution >= 0.6 is 0 Å². The summed E-state index contributed by atoms with van der Waals surface area (Å²) in [6, 6.07) is 9.28. The number of benzene rings is 1. The standard InChI is InChI=1S/C15H21N/c1-4-7-12-16-15(6-3)14-10-8-13(5-2)9-11-14/h1,8-11,15-16H,5-7,12H2,2-3H3. The molecule has 0 fully saturated rings. The molecule has 0 saturated carbocycles. The van der Waals surface area contributed by atoms with Gasteiger partial charge in [-0.2, -0.15) is 0 Å². The second-order valence-electron chi connectivity index (χ2n) is 3.96. The van der Waals surface area contributed by atoms with Gasteiger partial charge in [0.25, 0.3) is 0 Å². The van der Waals surface area contributed by atoms with Crippen molar-refractivity contribution in [3.05, 3.63) is 35.4 Å². The van der Waals surface area contributed by atoms with Crippen molar-refractivity contribution < 1.29 is 0 Å². The molecule has 0 radical (unpaired) electrons. The van der Waals surface area contributed by atoms with Crippen LogP contribution in [0.1, 0.15) is 43.9 Å². The highest BCUT2D eigenvalue weighted by atomic mass is 14.9. The molecule has 1 aromatic carbocycles. The molecule has 86 valence electrons. The molecule has 0 aliphatic rings. The van der Waals surface area contributed by atoms with Gasteiger partial charge in [-0.25, -0.2) is 0 Å². The van der Waals surface area contributed by atoms with Crippen LogP contribution in [0.25, 0.3) is 0 Å². The molecule has 1 rings (SSSR count). The van der Waals surface area contributed by atoms with Crippen molar-refractivity contribution >= 4 is 0 Å². The molecule has 1 aromatic rings. The Morgan fingerprint density at radius 1 is 1.25 bits per heavy atom. The van der Waals surface area contributed by atoms with E-state index in [2.05, 4.69) is 49.4 Å². The Balaban J connectivity index is 2.60. The molecule has 1 atom stereocenters. The predicted octanol–water partition coefficient (Wildman–Crippen LogP) is 3.31. The van der Waals surface area contributed by atoms with Crippen LogP contribution < -0.4 is 5.32 Å². The summed E-state index contributed by atoms with van der Waals surface area (Å²) in [7, 11) is 0. The SMILES string of the molecule is C#CCCNC(CC)c1ccc(CC)cc1. The summed E-state index contributed by atoms with van der Waals surface area (Å²) in [6.07, 6.45) is 8.23. The van der Waals surface area contributed by atoms with Crippen LogP contribution in [0.4, 0.5) is 0 Å². The number of terminal acetylenes is 1. The normalized spacial score (nSPS) is 12.1. The zero-order chi connectivity index (χ0) is 11.8. The number of hydrogen-bond acceptors (Lipinski definition) is 1. The number of hydrogen-bond donors (Lipinski definition) is 1. The third kappa shape index (κ3) is 3.72. The molecule has 0 aliphatic carbocycles. The Morgan fingerprint density at radius 2 is 1.94 bits per heavy atom. The first kappa shape index (κ1) is 12.8. The fourth-order valence-electron chi connectivity index (χ4n) is 1.80. The van der Waals surface area contributed by atoms with Crippen molar-refractivity contribution in [3.63, 3.8) is 0 Å². The van der Waals surface area contributed by atoms with Crippen LogP contribution in [0, 0.1) is 12.3 Å². The molecule has 0 amide bonds. The van der Waals surface area contributed by atoms with Crippen LogP contribution in [-0.2, 0) is 6.42 Å². The van der Waals surface area contributed by atoms with E-state index < -0.39 is 0 Å². The quantitative estimate of drug-likeness (QED) is 0.567. The molecule has 0 aromatic heterocycles. The molecule has 1 heteroatoms. The summed E-state index contributed by atoms with van der Waals surface area (Å²) < 4.78 is 0. The Bertz CT molecular complexity index is 331. The highest BCUT2D eigenvalue weighted by molar-refractivity contribution is 5.25. The maximum Gasteiger partial charge on any atom is 0.0318 e. The van der Waals surface area contributed by atoms with E-state index in [0.29, 0.717) is 6.04 Å². The van der Waals surface area contributed by atoms with Gasteiger partial charge in [0.2, 0.25) is 0 Å². The van der Waals surface area contributed by atoms with Crippen LogP contribution in [0.2, 0.25) is 0 Å². The van der Waals surface area contributed by atoms with E-state index in [-0.39, 0.29) is 0 Å². The van der Waals surface area contributed by atoms with E-state index in [1.165, 1.54) is 11.1 Å². The molecule has 0 spiro atoms. The first-order valence-corrected chi connectivity index (χ1v) is 6.07. The molecule has 16 heavy (non-hydrogen) atoms. The molecule has 1 nitrogen and oxygen atoms in total. The minimum absolute atomic E-state index is 0.430. The molecule has 0 bridgehead atoms. The molecule has 1 N–H and O–H groups in total. The van der Waals surface area contributed by atoms with Crippen LogP contribution in [0.3, 0.4) is 0 Å². The van der Waals surface area contributed by atoms with E-state index in [1.807, 2.05) is 0 Å². The lowest BCUT2D eigenvalue weighted by Crippen LogP contribution is -2.21. The zero-order valence-electron chi connectivity index (χ0n) is 10.3. The van der Waals surface area contributed by atoms with Gasteiger partial charge in [-0.1, -0.05) is 38.1 Å². The van der Waals surface area contributed by atoms with Crippen molar-refractivity contribution in [2.75, 3.05) is 6.54 Å². The van der Waals surface area contributed by atoms with Crippen molar-refractivity contribution in [2.24, 2.45) is 0 Å². The van der Waals surface area contributed by atoms with Gasteiger partial charge in [0.1, 0.15) is 0 Å². The summed E-state index contributed by atoms with van der Waals surface area (Å²) in [5.41, 5.74) is 2.75. The summed E-state index contributed by atoms with van der Waals surface area (Å²) in [4.78, 5) is 0. The van der Waals surface area contributed by atoms with Gasteiger partial charge in [-0.3, -0.25) is 0 Å². The molecule has 0 saturated heterocycles. The molecule has 0 aliphatic heterocycles. The minimum Gasteiger partial charge on any atom is -0.309 e. The lowest BCUT2D eigenvalue weighted by atomic mass is 10.0. The summed E-state index contributed by atoms with van der Waals surface area (Å²) >= 11 is 0. The lowest BCUT2D eigenvalue weighted by molar-refractivity contribution is 0.527. The highest BCUT2D eigenvalue weighted by Crippen LogP contribution is 2.17. The van der Waals surface area contributed by atoms with E-state index in [0.717, 1.165) is 25.8 Å². The van der Waals surface area contributed by atoms with E-state index in [9.17, 15) is 0 Å². The number of aryl methyl sites for hydroxylation is 1. The van der Waals surface area contributed by atoms with Gasteiger partial charge < -0.3 is 5.32 Å². The Hall–Kier alpha value is -1.26. The third-order valence-corrected chi connectivity index (χ3v) is 2.86. The maximum absolute atomic E-state index is 5.24. The van der Waals surface area contributed by atoms with Crippen LogP contribution in [-0.4, -0.2) is 6.54 Å². The van der Waals surface area contributed by atoms with E-state index in [4.69, 9.17) is 6.42 Å². The summed E-state index contributed by atoms with van der Waals surface area (Å²) in [6.45, 7) is 5.27. The van der Waals surface area contributed by atoms with Crippen molar-refractivity contribution in [2.45, 2.75) is 39.2 Å². The molecule has 0 heterocycles. The van der Waals surface area contributed by atoms with Crippen LogP contribution in [0.5, 0.6) is 0 Å². The van der Waals surface area contributed by atoms with Crippen LogP contribution in [0.15, 0.2) is 24.3 Å². The summed E-state index contributed by atoms with van der Waals surface area (Å²) in [5.74, 6) is 2.65. The van der Waals surface area contributed by atoms with Crippen molar-refractivity contribution in [1.29, 1.82) is 0 Å². The average Bonchev–Trinajstić information content (AvgIpc) is 2.35. The first-order chi connectivity index (χ1) is 7.81. The Labute approximate surface area is 99.3 Å². The van der Waals surface area contributed by atoms with Crippen molar-refractivity contribution in [3.8, 4) is 12.3 Å². The fourth-order valence-corrected chi connectivity index (χ4v) is 1.80. The minimum atomic E-state index is 0.430. The molecule has 1 unspecified atom stereocenters. The monoisotopic (exact) mass is 215 g/mol. The van der Waals surface area contributed by atoms with E-state index in [1.54, 1.807) is 0 Å². The van der Waals surface area contributed by atoms with Crippen molar-refractivity contribution in [1.82, 2.24) is 5.32 Å². The van der Waals surface area contributed by atoms with Gasteiger partial charge in [-0.15, -0.1) is 12.3 Å².